The fourth-order valence-corrected chi connectivity index (χ4v) is 9.69. The molecule has 0 aliphatic heterocycles. The van der Waals surface area contributed by atoms with Crippen LogP contribution < -0.4 is 0 Å². The zero-order valence-electron chi connectivity index (χ0n) is 32.0. The number of para-hydroxylation sites is 1. The molecule has 11 aromatic rings. The van der Waals surface area contributed by atoms with E-state index < -0.39 is 0 Å². The van der Waals surface area contributed by atoms with Crippen molar-refractivity contribution in [3.05, 3.63) is 193 Å². The van der Waals surface area contributed by atoms with E-state index in [1.54, 1.807) is 0 Å². The average molecular weight is 761 g/mol. The number of benzene rings is 8. The highest BCUT2D eigenvalue weighted by Gasteiger charge is 2.22. The molecule has 0 amide bonds. The minimum absolute atomic E-state index is 0.615. The molecule has 0 radical (unpaired) electrons. The molecule has 3 heterocycles. The molecule has 0 aliphatic carbocycles. The summed E-state index contributed by atoms with van der Waals surface area (Å²) in [5, 5.41) is 4.93. The van der Waals surface area contributed by atoms with Gasteiger partial charge in [0, 0.05) is 47.6 Å². The standard InChI is InChI=1S/C53H36N4S/c1-33-24-27-39(34(2)30-33)37-25-28-46-43(31-37)41-18-9-11-21-45(41)57(46)47-29-26-38(40-20-13-23-49-50(40)42-19-10-12-22-48(42)58-49)32-44(47)53-55-51(35-14-5-3-6-15-35)54-52(56-53)36-16-7-4-8-17-36/h3-32H,1-2H3. The van der Waals surface area contributed by atoms with Crippen molar-refractivity contribution in [2.75, 3.05) is 0 Å². The van der Waals surface area contributed by atoms with E-state index in [9.17, 15) is 0 Å². The average Bonchev–Trinajstić information content (AvgIpc) is 3.82. The van der Waals surface area contributed by atoms with Gasteiger partial charge in [0.15, 0.2) is 17.5 Å². The lowest BCUT2D eigenvalue weighted by atomic mass is 9.96. The first-order valence-corrected chi connectivity index (χ1v) is 20.4. The van der Waals surface area contributed by atoms with Crippen LogP contribution in [-0.4, -0.2) is 19.5 Å². The molecule has 0 N–H and O–H groups in total. The largest absolute Gasteiger partial charge is 0.309 e. The molecule has 0 aliphatic rings. The molecule has 0 bridgehead atoms. The van der Waals surface area contributed by atoms with Gasteiger partial charge in [0.2, 0.25) is 0 Å². The first-order valence-electron chi connectivity index (χ1n) is 19.6. The smallest absolute Gasteiger partial charge is 0.166 e. The summed E-state index contributed by atoms with van der Waals surface area (Å²) >= 11 is 1.84. The van der Waals surface area contributed by atoms with Gasteiger partial charge in [-0.05, 0) is 84.1 Å². The number of nitrogens with zero attached hydrogens (tertiary/aromatic N) is 4. The number of aromatic nitrogens is 4. The molecule has 4 nitrogen and oxygen atoms in total. The zero-order valence-corrected chi connectivity index (χ0v) is 32.8. The highest BCUT2D eigenvalue weighted by Crippen LogP contribution is 2.43. The minimum Gasteiger partial charge on any atom is -0.309 e. The zero-order chi connectivity index (χ0) is 38.7. The van der Waals surface area contributed by atoms with E-state index in [2.05, 4.69) is 164 Å². The van der Waals surface area contributed by atoms with Crippen molar-refractivity contribution in [2.45, 2.75) is 13.8 Å². The number of hydrogen-bond acceptors (Lipinski definition) is 4. The molecule has 3 aromatic heterocycles. The van der Waals surface area contributed by atoms with Crippen LogP contribution in [0.15, 0.2) is 182 Å². The summed E-state index contributed by atoms with van der Waals surface area (Å²) in [5.74, 6) is 1.88. The van der Waals surface area contributed by atoms with Crippen LogP contribution in [0.2, 0.25) is 0 Å². The topological polar surface area (TPSA) is 43.6 Å². The van der Waals surface area contributed by atoms with Crippen LogP contribution in [0.3, 0.4) is 0 Å². The van der Waals surface area contributed by atoms with Gasteiger partial charge in [-0.2, -0.15) is 0 Å². The predicted octanol–water partition coefficient (Wildman–Crippen LogP) is 14.3. The molecule has 0 unspecified atom stereocenters. The number of thiophene rings is 1. The number of rotatable bonds is 6. The molecule has 274 valence electrons. The summed E-state index contributed by atoms with van der Waals surface area (Å²) in [4.78, 5) is 15.7. The monoisotopic (exact) mass is 760 g/mol. The van der Waals surface area contributed by atoms with Crippen LogP contribution in [0, 0.1) is 13.8 Å². The Morgan fingerprint density at radius 2 is 1.02 bits per heavy atom. The van der Waals surface area contributed by atoms with Crippen molar-refractivity contribution in [3.8, 4) is 62.1 Å². The maximum Gasteiger partial charge on any atom is 0.166 e. The van der Waals surface area contributed by atoms with Gasteiger partial charge in [0.25, 0.3) is 0 Å². The van der Waals surface area contributed by atoms with Gasteiger partial charge in [0.1, 0.15) is 0 Å². The highest BCUT2D eigenvalue weighted by atomic mass is 32.1. The summed E-state index contributed by atoms with van der Waals surface area (Å²) in [7, 11) is 0. The first kappa shape index (κ1) is 34.1. The van der Waals surface area contributed by atoms with Crippen LogP contribution in [0.4, 0.5) is 0 Å². The van der Waals surface area contributed by atoms with E-state index in [0.717, 1.165) is 39.0 Å². The Morgan fingerprint density at radius 1 is 0.397 bits per heavy atom. The third-order valence-electron chi connectivity index (χ3n) is 11.3. The number of hydrogen-bond donors (Lipinski definition) is 0. The van der Waals surface area contributed by atoms with Gasteiger partial charge in [-0.1, -0.05) is 145 Å². The highest BCUT2D eigenvalue weighted by molar-refractivity contribution is 7.25. The Morgan fingerprint density at radius 3 is 1.78 bits per heavy atom. The summed E-state index contributed by atoms with van der Waals surface area (Å²) in [6.45, 7) is 4.35. The van der Waals surface area contributed by atoms with Crippen LogP contribution >= 0.6 is 11.3 Å². The lowest BCUT2D eigenvalue weighted by Gasteiger charge is -2.17. The third kappa shape index (κ3) is 5.70. The fourth-order valence-electron chi connectivity index (χ4n) is 8.56. The summed E-state index contributed by atoms with van der Waals surface area (Å²) in [6.07, 6.45) is 0. The number of aryl methyl sites for hydroxylation is 2. The van der Waals surface area contributed by atoms with Crippen molar-refractivity contribution in [1.29, 1.82) is 0 Å². The molecule has 0 fully saturated rings. The van der Waals surface area contributed by atoms with E-state index in [1.165, 1.54) is 58.8 Å². The molecule has 0 atom stereocenters. The van der Waals surface area contributed by atoms with Gasteiger partial charge in [-0.3, -0.25) is 0 Å². The van der Waals surface area contributed by atoms with E-state index in [1.807, 2.05) is 47.7 Å². The molecule has 58 heavy (non-hydrogen) atoms. The van der Waals surface area contributed by atoms with E-state index in [0.29, 0.717) is 17.5 Å². The van der Waals surface area contributed by atoms with Crippen molar-refractivity contribution < 1.29 is 0 Å². The maximum atomic E-state index is 5.30. The molecule has 8 aromatic carbocycles. The van der Waals surface area contributed by atoms with E-state index in [4.69, 9.17) is 15.0 Å². The van der Waals surface area contributed by atoms with Crippen LogP contribution in [0.25, 0.3) is 104 Å². The van der Waals surface area contributed by atoms with Crippen LogP contribution in [0.1, 0.15) is 11.1 Å². The Balaban J connectivity index is 1.21. The Labute approximate surface area is 340 Å². The Hall–Kier alpha value is -7.21. The lowest BCUT2D eigenvalue weighted by molar-refractivity contribution is 1.06. The summed E-state index contributed by atoms with van der Waals surface area (Å²) < 4.78 is 4.94. The van der Waals surface area contributed by atoms with Gasteiger partial charge in [0.05, 0.1) is 16.7 Å². The van der Waals surface area contributed by atoms with Crippen molar-refractivity contribution >= 4 is 53.3 Å². The lowest BCUT2D eigenvalue weighted by Crippen LogP contribution is -2.04. The van der Waals surface area contributed by atoms with Gasteiger partial charge >= 0.3 is 0 Å². The first-order chi connectivity index (χ1) is 28.6. The fraction of sp³-hybridized carbons (Fsp3) is 0.0377. The van der Waals surface area contributed by atoms with Crippen molar-refractivity contribution in [2.24, 2.45) is 0 Å². The molecular weight excluding hydrogens is 725 g/mol. The van der Waals surface area contributed by atoms with Crippen molar-refractivity contribution in [3.63, 3.8) is 0 Å². The molecule has 0 saturated heterocycles. The second-order valence-electron chi connectivity index (χ2n) is 15.0. The van der Waals surface area contributed by atoms with Crippen LogP contribution in [-0.2, 0) is 0 Å². The third-order valence-corrected chi connectivity index (χ3v) is 12.4. The molecule has 0 saturated carbocycles. The SMILES string of the molecule is Cc1ccc(-c2ccc3c(c2)c2ccccc2n3-c2ccc(-c3cccc4sc5ccccc5c34)cc2-c2nc(-c3ccccc3)nc(-c3ccccc3)n2)c(C)c1. The van der Waals surface area contributed by atoms with E-state index >= 15 is 0 Å². The maximum absolute atomic E-state index is 5.30. The molecule has 0 spiro atoms. The van der Waals surface area contributed by atoms with Crippen molar-refractivity contribution in [1.82, 2.24) is 19.5 Å². The summed E-state index contributed by atoms with van der Waals surface area (Å²) in [6, 6.07) is 64.9. The predicted molar refractivity (Wildman–Crippen MR) is 244 cm³/mol. The Kier molecular flexibility index (Phi) is 8.09. The second kappa shape index (κ2) is 13.8. The van der Waals surface area contributed by atoms with Gasteiger partial charge in [-0.25, -0.2) is 15.0 Å². The second-order valence-corrected chi connectivity index (χ2v) is 16.0. The van der Waals surface area contributed by atoms with Gasteiger partial charge < -0.3 is 4.57 Å². The van der Waals surface area contributed by atoms with Crippen LogP contribution in [0.5, 0.6) is 0 Å². The summed E-state index contributed by atoms with van der Waals surface area (Å²) in [5.41, 5.74) is 13.3. The normalized spacial score (nSPS) is 11.6. The number of fused-ring (bicyclic) bond motifs is 6. The molecule has 5 heteroatoms. The molecular formula is C53H36N4S. The molecule has 11 rings (SSSR count). The Bertz CT molecular complexity index is 3300. The van der Waals surface area contributed by atoms with Gasteiger partial charge in [-0.15, -0.1) is 11.3 Å². The van der Waals surface area contributed by atoms with E-state index in [-0.39, 0.29) is 0 Å². The minimum atomic E-state index is 0.615. The quantitative estimate of drug-likeness (QED) is 0.169.